The topological polar surface area (TPSA) is 81.5 Å². The Morgan fingerprint density at radius 3 is 2.64 bits per heavy atom. The van der Waals surface area contributed by atoms with Crippen LogP contribution in [0.25, 0.3) is 0 Å². The van der Waals surface area contributed by atoms with Gasteiger partial charge in [-0.3, -0.25) is 4.90 Å². The van der Waals surface area contributed by atoms with Crippen LogP contribution in [-0.4, -0.2) is 35.0 Å². The van der Waals surface area contributed by atoms with Gasteiger partial charge in [-0.1, -0.05) is 29.6 Å². The molecule has 2 heterocycles. The molecule has 8 nitrogen and oxygen atoms in total. The van der Waals surface area contributed by atoms with Crippen molar-refractivity contribution >= 4 is 40.6 Å². The van der Waals surface area contributed by atoms with Crippen LogP contribution in [0.1, 0.15) is 30.9 Å². The number of rotatable bonds is 6. The molecular formula is C23H25Cl2N5O3. The van der Waals surface area contributed by atoms with Gasteiger partial charge in [0.25, 0.3) is 0 Å². The summed E-state index contributed by atoms with van der Waals surface area (Å²) in [6, 6.07) is 9.84. The fourth-order valence-electron chi connectivity index (χ4n) is 3.76. The monoisotopic (exact) mass is 489 g/mol. The quantitative estimate of drug-likeness (QED) is 0.489. The molecule has 0 fully saturated rings. The first-order valence-electron chi connectivity index (χ1n) is 10.7. The van der Waals surface area contributed by atoms with Crippen LogP contribution < -0.4 is 19.7 Å². The summed E-state index contributed by atoms with van der Waals surface area (Å²) in [6.07, 6.45) is 4.23. The Morgan fingerprint density at radius 1 is 1.06 bits per heavy atom. The molecule has 1 N–H and O–H groups in total. The van der Waals surface area contributed by atoms with Crippen molar-refractivity contribution in [2.24, 2.45) is 0 Å². The number of fused-ring (bicyclic) bond motifs is 1. The summed E-state index contributed by atoms with van der Waals surface area (Å²) in [5.74, 6) is 2.61. The first-order chi connectivity index (χ1) is 16.0. The van der Waals surface area contributed by atoms with Crippen LogP contribution in [0.2, 0.25) is 10.0 Å². The SMILES string of the molecule is COc1ccc(N(Cc2nc3n(n2)CCCCC3)C(=O)Nc2ccc(Cl)c(Cl)c2)cc1OC. The smallest absolute Gasteiger partial charge is 0.326 e. The molecule has 0 saturated heterocycles. The molecule has 3 aromatic rings. The lowest BCUT2D eigenvalue weighted by molar-refractivity contribution is 0.256. The third-order valence-corrected chi connectivity index (χ3v) is 6.20. The standard InChI is InChI=1S/C23H25Cl2N5O3/c1-32-19-10-8-16(13-20(19)33-2)29(23(31)26-15-7-9-17(24)18(25)12-15)14-21-27-22-6-4-3-5-11-30(22)28-21/h7-10,12-13H,3-6,11,14H2,1-2H3,(H,26,31). The Hall–Kier alpha value is -2.97. The maximum Gasteiger partial charge on any atom is 0.326 e. The van der Waals surface area contributed by atoms with Gasteiger partial charge in [-0.05, 0) is 43.2 Å². The number of urea groups is 1. The summed E-state index contributed by atoms with van der Waals surface area (Å²) in [5, 5.41) is 8.30. The Bertz CT molecular complexity index is 1130. The van der Waals surface area contributed by atoms with Crippen LogP contribution in [0.15, 0.2) is 36.4 Å². The molecule has 10 heteroatoms. The maximum absolute atomic E-state index is 13.4. The van der Waals surface area contributed by atoms with Gasteiger partial charge in [0.1, 0.15) is 5.82 Å². The molecule has 0 saturated carbocycles. The van der Waals surface area contributed by atoms with Crippen molar-refractivity contribution in [3.8, 4) is 11.5 Å². The second-order valence-electron chi connectivity index (χ2n) is 7.66. The van der Waals surface area contributed by atoms with Crippen molar-refractivity contribution in [2.45, 2.75) is 38.8 Å². The van der Waals surface area contributed by atoms with E-state index in [0.717, 1.165) is 31.6 Å². The van der Waals surface area contributed by atoms with Gasteiger partial charge in [0, 0.05) is 30.4 Å². The summed E-state index contributed by atoms with van der Waals surface area (Å²) in [7, 11) is 3.12. The number of aryl methyl sites for hydroxylation is 2. The van der Waals surface area contributed by atoms with Crippen LogP contribution >= 0.6 is 23.2 Å². The highest BCUT2D eigenvalue weighted by Crippen LogP contribution is 2.33. The number of hydrogen-bond acceptors (Lipinski definition) is 5. The number of anilines is 2. The van der Waals surface area contributed by atoms with Crippen molar-refractivity contribution in [3.63, 3.8) is 0 Å². The number of benzene rings is 2. The first-order valence-corrected chi connectivity index (χ1v) is 11.4. The van der Waals surface area contributed by atoms with Gasteiger partial charge in [0.15, 0.2) is 17.3 Å². The average molecular weight is 490 g/mol. The third-order valence-electron chi connectivity index (χ3n) is 5.46. The van der Waals surface area contributed by atoms with Crippen molar-refractivity contribution in [2.75, 3.05) is 24.4 Å². The third kappa shape index (κ3) is 5.34. The molecule has 1 aliphatic heterocycles. The predicted octanol–water partition coefficient (Wildman–Crippen LogP) is 5.57. The van der Waals surface area contributed by atoms with Gasteiger partial charge in [0.2, 0.25) is 0 Å². The Morgan fingerprint density at radius 2 is 1.88 bits per heavy atom. The minimum absolute atomic E-state index is 0.183. The van der Waals surface area contributed by atoms with E-state index in [1.807, 2.05) is 4.68 Å². The Balaban J connectivity index is 1.65. The highest BCUT2D eigenvalue weighted by Gasteiger charge is 2.22. The molecule has 174 valence electrons. The van der Waals surface area contributed by atoms with Crippen LogP contribution in [0, 0.1) is 0 Å². The molecule has 0 atom stereocenters. The Labute approximate surface area is 202 Å². The van der Waals surface area contributed by atoms with Crippen LogP contribution in [0.4, 0.5) is 16.2 Å². The van der Waals surface area contributed by atoms with Crippen molar-refractivity contribution in [3.05, 3.63) is 58.1 Å². The summed E-state index contributed by atoms with van der Waals surface area (Å²) >= 11 is 12.1. The molecule has 4 rings (SSSR count). The zero-order valence-corrected chi connectivity index (χ0v) is 20.0. The predicted molar refractivity (Wildman–Crippen MR) is 129 cm³/mol. The van der Waals surface area contributed by atoms with E-state index in [9.17, 15) is 4.79 Å². The number of amides is 2. The van der Waals surface area contributed by atoms with Gasteiger partial charge < -0.3 is 14.8 Å². The lowest BCUT2D eigenvalue weighted by Crippen LogP contribution is -2.35. The summed E-state index contributed by atoms with van der Waals surface area (Å²) in [6.45, 7) is 1.02. The molecule has 1 aliphatic rings. The van der Waals surface area contributed by atoms with Crippen LogP contribution in [0.5, 0.6) is 11.5 Å². The number of nitrogens with one attached hydrogen (secondary N) is 1. The fraction of sp³-hybridized carbons (Fsp3) is 0.348. The number of ether oxygens (including phenoxy) is 2. The van der Waals surface area contributed by atoms with E-state index in [-0.39, 0.29) is 12.6 Å². The lowest BCUT2D eigenvalue weighted by atomic mass is 10.2. The van der Waals surface area contributed by atoms with Gasteiger partial charge >= 0.3 is 6.03 Å². The van der Waals surface area contributed by atoms with E-state index in [0.29, 0.717) is 38.7 Å². The molecule has 2 aromatic carbocycles. The average Bonchev–Trinajstić information content (AvgIpc) is 3.07. The van der Waals surface area contributed by atoms with E-state index < -0.39 is 0 Å². The number of carbonyl (C=O) groups excluding carboxylic acids is 1. The number of hydrogen-bond donors (Lipinski definition) is 1. The Kier molecular flexibility index (Phi) is 7.25. The van der Waals surface area contributed by atoms with Crippen LogP contribution in [-0.2, 0) is 19.5 Å². The highest BCUT2D eigenvalue weighted by atomic mass is 35.5. The number of carbonyl (C=O) groups is 1. The second kappa shape index (κ2) is 10.3. The van der Waals surface area contributed by atoms with Gasteiger partial charge in [-0.2, -0.15) is 5.10 Å². The van der Waals surface area contributed by atoms with E-state index in [2.05, 4.69) is 10.4 Å². The van der Waals surface area contributed by atoms with Gasteiger partial charge in [0.05, 0.1) is 30.8 Å². The lowest BCUT2D eigenvalue weighted by Gasteiger charge is -2.23. The second-order valence-corrected chi connectivity index (χ2v) is 8.48. The van der Waals surface area contributed by atoms with E-state index in [1.165, 1.54) is 6.42 Å². The molecule has 0 radical (unpaired) electrons. The van der Waals surface area contributed by atoms with Crippen LogP contribution in [0.3, 0.4) is 0 Å². The molecule has 0 unspecified atom stereocenters. The number of methoxy groups -OCH3 is 2. The first kappa shape index (κ1) is 23.2. The summed E-state index contributed by atoms with van der Waals surface area (Å²) in [4.78, 5) is 19.6. The minimum Gasteiger partial charge on any atom is -0.493 e. The van der Waals surface area contributed by atoms with Crippen molar-refractivity contribution in [1.29, 1.82) is 0 Å². The van der Waals surface area contributed by atoms with Gasteiger partial charge in [-0.15, -0.1) is 0 Å². The number of aromatic nitrogens is 3. The van der Waals surface area contributed by atoms with Gasteiger partial charge in [-0.25, -0.2) is 14.5 Å². The summed E-state index contributed by atoms with van der Waals surface area (Å²) < 4.78 is 12.7. The maximum atomic E-state index is 13.4. The zero-order chi connectivity index (χ0) is 23.4. The molecular weight excluding hydrogens is 465 g/mol. The molecule has 0 spiro atoms. The fourth-order valence-corrected chi connectivity index (χ4v) is 4.06. The normalized spacial score (nSPS) is 13.1. The van der Waals surface area contributed by atoms with E-state index >= 15 is 0 Å². The minimum atomic E-state index is -0.370. The van der Waals surface area contributed by atoms with E-state index in [1.54, 1.807) is 55.5 Å². The zero-order valence-electron chi connectivity index (χ0n) is 18.5. The molecule has 1 aromatic heterocycles. The number of halogens is 2. The largest absolute Gasteiger partial charge is 0.493 e. The molecule has 2 amide bonds. The van der Waals surface area contributed by atoms with E-state index in [4.69, 9.17) is 37.7 Å². The molecule has 0 bridgehead atoms. The molecule has 33 heavy (non-hydrogen) atoms. The highest BCUT2D eigenvalue weighted by molar-refractivity contribution is 6.42. The summed E-state index contributed by atoms with van der Waals surface area (Å²) in [5.41, 5.74) is 1.13. The van der Waals surface area contributed by atoms with Crippen molar-refractivity contribution < 1.29 is 14.3 Å². The molecule has 0 aliphatic carbocycles. The van der Waals surface area contributed by atoms with Crippen molar-refractivity contribution in [1.82, 2.24) is 14.8 Å². The number of nitrogens with zero attached hydrogens (tertiary/aromatic N) is 4.